The van der Waals surface area contributed by atoms with Crippen molar-refractivity contribution in [2.75, 3.05) is 37.8 Å². The Morgan fingerprint density at radius 3 is 2.53 bits per heavy atom. The zero-order chi connectivity index (χ0) is 12.8. The fourth-order valence-electron chi connectivity index (χ4n) is 1.40. The summed E-state index contributed by atoms with van der Waals surface area (Å²) in [6, 6.07) is 2.49. The van der Waals surface area contributed by atoms with Crippen molar-refractivity contribution in [1.29, 1.82) is 0 Å². The molecule has 2 N–H and O–H groups in total. The van der Waals surface area contributed by atoms with Crippen LogP contribution >= 0.6 is 0 Å². The van der Waals surface area contributed by atoms with E-state index in [4.69, 9.17) is 0 Å². The lowest BCUT2D eigenvalue weighted by atomic mass is 10.3. The SMILES string of the molecule is CNc1cc(NCCN(C)C(C)C)nc(C)n1. The lowest BCUT2D eigenvalue weighted by Crippen LogP contribution is -2.31. The molecule has 0 radical (unpaired) electrons. The number of aromatic nitrogens is 2. The lowest BCUT2D eigenvalue weighted by molar-refractivity contribution is 0.284. The Morgan fingerprint density at radius 1 is 1.29 bits per heavy atom. The molecule has 5 nitrogen and oxygen atoms in total. The zero-order valence-corrected chi connectivity index (χ0v) is 11.4. The molecule has 0 aliphatic rings. The maximum absolute atomic E-state index is 4.34. The van der Waals surface area contributed by atoms with Gasteiger partial charge >= 0.3 is 0 Å². The van der Waals surface area contributed by atoms with Gasteiger partial charge in [-0.05, 0) is 27.8 Å². The highest BCUT2D eigenvalue weighted by atomic mass is 15.1. The number of aryl methyl sites for hydroxylation is 1. The molecule has 0 unspecified atom stereocenters. The number of likely N-dealkylation sites (N-methyl/N-ethyl adjacent to an activating group) is 1. The van der Waals surface area contributed by atoms with Gasteiger partial charge in [-0.2, -0.15) is 0 Å². The molecule has 0 aromatic carbocycles. The summed E-state index contributed by atoms with van der Waals surface area (Å²) in [5.41, 5.74) is 0. The molecule has 0 fully saturated rings. The van der Waals surface area contributed by atoms with Gasteiger partial charge in [0.25, 0.3) is 0 Å². The van der Waals surface area contributed by atoms with E-state index >= 15 is 0 Å². The molecule has 0 spiro atoms. The van der Waals surface area contributed by atoms with Gasteiger partial charge in [-0.15, -0.1) is 0 Å². The first-order valence-corrected chi connectivity index (χ1v) is 6.00. The van der Waals surface area contributed by atoms with Crippen LogP contribution in [-0.4, -0.2) is 48.1 Å². The van der Waals surface area contributed by atoms with Crippen molar-refractivity contribution in [2.45, 2.75) is 26.8 Å². The summed E-state index contributed by atoms with van der Waals surface area (Å²) in [5, 5.41) is 6.34. The standard InChI is InChI=1S/C12H23N5/c1-9(2)17(5)7-6-14-12-8-11(13-4)15-10(3)16-12/h8-9H,6-7H2,1-5H3,(H2,13,14,15,16). The smallest absolute Gasteiger partial charge is 0.131 e. The minimum absolute atomic E-state index is 0.566. The summed E-state index contributed by atoms with van der Waals surface area (Å²) in [6.45, 7) is 8.15. The molecule has 0 bridgehead atoms. The van der Waals surface area contributed by atoms with Crippen LogP contribution in [0.25, 0.3) is 0 Å². The Balaban J connectivity index is 2.49. The molecular weight excluding hydrogens is 214 g/mol. The second-order valence-electron chi connectivity index (χ2n) is 4.44. The molecule has 1 rings (SSSR count). The van der Waals surface area contributed by atoms with Gasteiger partial charge in [0.1, 0.15) is 17.5 Å². The third-order valence-corrected chi connectivity index (χ3v) is 2.75. The van der Waals surface area contributed by atoms with E-state index in [0.29, 0.717) is 6.04 Å². The Morgan fingerprint density at radius 2 is 1.94 bits per heavy atom. The summed E-state index contributed by atoms with van der Waals surface area (Å²) in [5.74, 6) is 2.49. The van der Waals surface area contributed by atoms with E-state index in [1.807, 2.05) is 20.0 Å². The van der Waals surface area contributed by atoms with Crippen LogP contribution in [0.3, 0.4) is 0 Å². The summed E-state index contributed by atoms with van der Waals surface area (Å²) < 4.78 is 0. The molecule has 0 saturated carbocycles. The van der Waals surface area contributed by atoms with Gasteiger partial charge in [-0.3, -0.25) is 0 Å². The minimum atomic E-state index is 0.566. The molecular formula is C12H23N5. The molecule has 0 atom stereocenters. The highest BCUT2D eigenvalue weighted by molar-refractivity contribution is 5.47. The number of hydrogen-bond donors (Lipinski definition) is 2. The second-order valence-corrected chi connectivity index (χ2v) is 4.44. The maximum atomic E-state index is 4.34. The van der Waals surface area contributed by atoms with Crippen molar-refractivity contribution in [3.8, 4) is 0 Å². The highest BCUT2D eigenvalue weighted by Crippen LogP contribution is 2.09. The second kappa shape index (κ2) is 6.39. The van der Waals surface area contributed by atoms with Crippen LogP contribution in [0.4, 0.5) is 11.6 Å². The monoisotopic (exact) mass is 237 g/mol. The molecule has 0 aliphatic carbocycles. The summed E-state index contributed by atoms with van der Waals surface area (Å²) in [6.07, 6.45) is 0. The van der Waals surface area contributed by atoms with E-state index in [1.165, 1.54) is 0 Å². The summed E-state index contributed by atoms with van der Waals surface area (Å²) in [4.78, 5) is 10.9. The van der Waals surface area contributed by atoms with E-state index in [-0.39, 0.29) is 0 Å². The predicted octanol–water partition coefficient (Wildman–Crippen LogP) is 1.58. The normalized spacial score (nSPS) is 11.0. The average molecular weight is 237 g/mol. The van der Waals surface area contributed by atoms with Crippen molar-refractivity contribution >= 4 is 11.6 Å². The van der Waals surface area contributed by atoms with E-state index in [9.17, 15) is 0 Å². The number of nitrogens with one attached hydrogen (secondary N) is 2. The van der Waals surface area contributed by atoms with E-state index in [1.54, 1.807) is 0 Å². The molecule has 96 valence electrons. The van der Waals surface area contributed by atoms with Gasteiger partial charge < -0.3 is 15.5 Å². The van der Waals surface area contributed by atoms with Crippen molar-refractivity contribution in [3.05, 3.63) is 11.9 Å². The van der Waals surface area contributed by atoms with Gasteiger partial charge in [-0.1, -0.05) is 0 Å². The van der Waals surface area contributed by atoms with Crippen LogP contribution in [0, 0.1) is 6.92 Å². The minimum Gasteiger partial charge on any atom is -0.373 e. The molecule has 5 heteroatoms. The molecule has 0 aliphatic heterocycles. The third kappa shape index (κ3) is 4.56. The van der Waals surface area contributed by atoms with Gasteiger partial charge in [0, 0.05) is 32.2 Å². The first-order valence-electron chi connectivity index (χ1n) is 6.00. The summed E-state index contributed by atoms with van der Waals surface area (Å²) >= 11 is 0. The van der Waals surface area contributed by atoms with Gasteiger partial charge in [-0.25, -0.2) is 9.97 Å². The number of rotatable bonds is 6. The van der Waals surface area contributed by atoms with Crippen LogP contribution in [-0.2, 0) is 0 Å². The predicted molar refractivity (Wildman–Crippen MR) is 72.6 cm³/mol. The molecule has 1 aromatic heterocycles. The number of hydrogen-bond acceptors (Lipinski definition) is 5. The number of anilines is 2. The quantitative estimate of drug-likeness (QED) is 0.786. The fraction of sp³-hybridized carbons (Fsp3) is 0.667. The average Bonchev–Trinajstić information content (AvgIpc) is 2.27. The Bertz CT molecular complexity index is 351. The first kappa shape index (κ1) is 13.7. The van der Waals surface area contributed by atoms with Crippen LogP contribution in [0.5, 0.6) is 0 Å². The maximum Gasteiger partial charge on any atom is 0.131 e. The van der Waals surface area contributed by atoms with Crippen molar-refractivity contribution in [3.63, 3.8) is 0 Å². The van der Waals surface area contributed by atoms with Crippen molar-refractivity contribution < 1.29 is 0 Å². The highest BCUT2D eigenvalue weighted by Gasteiger charge is 2.03. The van der Waals surface area contributed by atoms with Gasteiger partial charge in [0.05, 0.1) is 0 Å². The number of nitrogens with zero attached hydrogens (tertiary/aromatic N) is 3. The summed E-state index contributed by atoms with van der Waals surface area (Å²) in [7, 11) is 3.98. The first-order chi connectivity index (χ1) is 8.02. The van der Waals surface area contributed by atoms with E-state index in [0.717, 1.165) is 30.5 Å². The lowest BCUT2D eigenvalue weighted by Gasteiger charge is -2.21. The van der Waals surface area contributed by atoms with Crippen molar-refractivity contribution in [2.24, 2.45) is 0 Å². The van der Waals surface area contributed by atoms with E-state index < -0.39 is 0 Å². The fourth-order valence-corrected chi connectivity index (χ4v) is 1.40. The third-order valence-electron chi connectivity index (χ3n) is 2.75. The van der Waals surface area contributed by atoms with Crippen LogP contribution in [0.2, 0.25) is 0 Å². The van der Waals surface area contributed by atoms with Gasteiger partial charge in [0.2, 0.25) is 0 Å². The molecule has 0 amide bonds. The van der Waals surface area contributed by atoms with Crippen LogP contribution in [0.1, 0.15) is 19.7 Å². The topological polar surface area (TPSA) is 53.1 Å². The molecule has 1 heterocycles. The molecule has 1 aromatic rings. The van der Waals surface area contributed by atoms with Crippen molar-refractivity contribution in [1.82, 2.24) is 14.9 Å². The molecule has 0 saturated heterocycles. The molecule has 17 heavy (non-hydrogen) atoms. The van der Waals surface area contributed by atoms with E-state index in [2.05, 4.69) is 46.4 Å². The van der Waals surface area contributed by atoms with Crippen LogP contribution < -0.4 is 10.6 Å². The zero-order valence-electron chi connectivity index (χ0n) is 11.4. The Kier molecular flexibility index (Phi) is 5.15. The Hall–Kier alpha value is -1.36. The van der Waals surface area contributed by atoms with Gasteiger partial charge in [0.15, 0.2) is 0 Å². The van der Waals surface area contributed by atoms with Crippen LogP contribution in [0.15, 0.2) is 6.07 Å². The Labute approximate surface area is 104 Å². The largest absolute Gasteiger partial charge is 0.373 e.